The van der Waals surface area contributed by atoms with Gasteiger partial charge >= 0.3 is 0 Å². The Bertz CT molecular complexity index is 3480. The van der Waals surface area contributed by atoms with E-state index in [9.17, 15) is 0 Å². The van der Waals surface area contributed by atoms with Crippen LogP contribution in [0.5, 0.6) is 0 Å². The molecule has 210 valence electrons. The van der Waals surface area contributed by atoms with Crippen molar-refractivity contribution in [3.63, 3.8) is 0 Å². The van der Waals surface area contributed by atoms with E-state index in [2.05, 4.69) is 118 Å². The van der Waals surface area contributed by atoms with Gasteiger partial charge in [0.2, 0.25) is 0 Å². The minimum absolute atomic E-state index is 0.904. The molecule has 6 heterocycles. The highest BCUT2D eigenvalue weighted by molar-refractivity contribution is 6.37. The molecule has 0 unspecified atom stereocenters. The monoisotopic (exact) mass is 584 g/mol. The Balaban J connectivity index is 1.37. The lowest BCUT2D eigenvalue weighted by Crippen LogP contribution is -1.82. The van der Waals surface area contributed by atoms with Crippen LogP contribution in [0.15, 0.2) is 130 Å². The number of fused-ring (bicyclic) bond motifs is 19. The van der Waals surface area contributed by atoms with Crippen molar-refractivity contribution in [2.75, 3.05) is 0 Å². The highest BCUT2D eigenvalue weighted by atomic mass is 16.3. The standard InChI is InChI=1S/C42H20N2O2/c1-4-13-32-21(8-1)24-11-7-12-25-29-18-30-26-16-27-22-9-2-5-14-35(22)45-37(27)19-33(26)43-34-20-38-28(23-10-3-6-15-36(23)46-38)17-31(34)39(41(30)43)42(29)44(32)40(24)25/h1-20H. The van der Waals surface area contributed by atoms with Crippen LogP contribution in [-0.4, -0.2) is 8.80 Å². The van der Waals surface area contributed by atoms with E-state index in [1.165, 1.54) is 65.2 Å². The Morgan fingerprint density at radius 2 is 0.826 bits per heavy atom. The maximum atomic E-state index is 6.47. The largest absolute Gasteiger partial charge is 0.456 e. The summed E-state index contributed by atoms with van der Waals surface area (Å²) in [5, 5.41) is 14.8. The lowest BCUT2D eigenvalue weighted by atomic mass is 10.0. The summed E-state index contributed by atoms with van der Waals surface area (Å²) in [6.45, 7) is 0. The number of benzene rings is 7. The summed E-state index contributed by atoms with van der Waals surface area (Å²) in [6.07, 6.45) is 0. The molecule has 0 radical (unpaired) electrons. The lowest BCUT2D eigenvalue weighted by molar-refractivity contribution is 0.669. The fraction of sp³-hybridized carbons (Fsp3) is 0. The van der Waals surface area contributed by atoms with Crippen LogP contribution in [0.1, 0.15) is 0 Å². The molecule has 0 saturated heterocycles. The number of hydrogen-bond acceptors (Lipinski definition) is 2. The molecule has 6 aromatic heterocycles. The van der Waals surface area contributed by atoms with Crippen molar-refractivity contribution < 1.29 is 8.83 Å². The van der Waals surface area contributed by atoms with Gasteiger partial charge in [0, 0.05) is 76.8 Å². The molecule has 0 aliphatic rings. The maximum absolute atomic E-state index is 6.47. The fourth-order valence-corrected chi connectivity index (χ4v) is 8.94. The first-order valence-electron chi connectivity index (χ1n) is 15.8. The van der Waals surface area contributed by atoms with Crippen LogP contribution in [0, 0.1) is 0 Å². The van der Waals surface area contributed by atoms with Gasteiger partial charge in [-0.3, -0.25) is 0 Å². The third kappa shape index (κ3) is 2.30. The molecule has 4 heteroatoms. The quantitative estimate of drug-likeness (QED) is 0.178. The zero-order valence-electron chi connectivity index (χ0n) is 24.3. The van der Waals surface area contributed by atoms with E-state index in [-0.39, 0.29) is 0 Å². The molecule has 0 aliphatic carbocycles. The van der Waals surface area contributed by atoms with Gasteiger partial charge in [0.05, 0.1) is 33.1 Å². The molecular weight excluding hydrogens is 564 g/mol. The first-order valence-corrected chi connectivity index (χ1v) is 15.8. The summed E-state index contributed by atoms with van der Waals surface area (Å²) < 4.78 is 17.9. The molecule has 0 saturated carbocycles. The Hall–Kier alpha value is -6.26. The second-order valence-electron chi connectivity index (χ2n) is 12.9. The zero-order chi connectivity index (χ0) is 29.4. The molecule has 0 fully saturated rings. The average molecular weight is 585 g/mol. The van der Waals surface area contributed by atoms with Crippen molar-refractivity contribution in [3.05, 3.63) is 121 Å². The van der Waals surface area contributed by atoms with Gasteiger partial charge in [0.1, 0.15) is 22.3 Å². The number of nitrogens with zero attached hydrogens (tertiary/aromatic N) is 2. The van der Waals surface area contributed by atoms with Crippen LogP contribution in [0.25, 0.3) is 120 Å². The van der Waals surface area contributed by atoms with Crippen molar-refractivity contribution in [2.45, 2.75) is 0 Å². The van der Waals surface area contributed by atoms with Crippen molar-refractivity contribution in [3.8, 4) is 0 Å². The number of para-hydroxylation sites is 4. The summed E-state index contributed by atoms with van der Waals surface area (Å²) in [4.78, 5) is 0. The van der Waals surface area contributed by atoms with Gasteiger partial charge in [0.25, 0.3) is 0 Å². The molecule has 0 aliphatic heterocycles. The van der Waals surface area contributed by atoms with Crippen LogP contribution in [-0.2, 0) is 0 Å². The first-order chi connectivity index (χ1) is 22.8. The number of aromatic nitrogens is 2. The third-order valence-corrected chi connectivity index (χ3v) is 10.7. The Kier molecular flexibility index (Phi) is 3.47. The van der Waals surface area contributed by atoms with Crippen molar-refractivity contribution >= 4 is 120 Å². The molecule has 0 amide bonds. The van der Waals surface area contributed by atoms with Gasteiger partial charge in [-0.05, 0) is 36.4 Å². The highest BCUT2D eigenvalue weighted by Crippen LogP contribution is 2.49. The van der Waals surface area contributed by atoms with Gasteiger partial charge in [-0.25, -0.2) is 0 Å². The average Bonchev–Trinajstić information content (AvgIpc) is 3.92. The summed E-state index contributed by atoms with van der Waals surface area (Å²) in [5.74, 6) is 0. The van der Waals surface area contributed by atoms with Crippen molar-refractivity contribution in [2.24, 2.45) is 0 Å². The van der Waals surface area contributed by atoms with Crippen LogP contribution in [0.2, 0.25) is 0 Å². The molecular formula is C42H20N2O2. The third-order valence-electron chi connectivity index (χ3n) is 10.7. The van der Waals surface area contributed by atoms with E-state index in [1.807, 2.05) is 12.1 Å². The second kappa shape index (κ2) is 7.17. The van der Waals surface area contributed by atoms with E-state index in [1.54, 1.807) is 0 Å². The lowest BCUT2D eigenvalue weighted by Gasteiger charge is -2.03. The Labute approximate surface area is 258 Å². The fourth-order valence-electron chi connectivity index (χ4n) is 8.94. The minimum atomic E-state index is 0.904. The van der Waals surface area contributed by atoms with Crippen LogP contribution in [0.4, 0.5) is 0 Å². The predicted octanol–water partition coefficient (Wildman–Crippen LogP) is 11.8. The SMILES string of the molecule is c1ccc2c(c1)oc1cc3c(cc12)c1cc2c4cccc5c6ccccc6n(c54)c2c2c4cc5c(cc4n3c12)oc1ccccc15. The van der Waals surface area contributed by atoms with Crippen LogP contribution in [0.3, 0.4) is 0 Å². The molecule has 13 aromatic rings. The van der Waals surface area contributed by atoms with Crippen molar-refractivity contribution in [1.82, 2.24) is 8.80 Å². The topological polar surface area (TPSA) is 35.1 Å². The van der Waals surface area contributed by atoms with E-state index in [0.717, 1.165) is 54.9 Å². The molecule has 7 aromatic carbocycles. The molecule has 4 nitrogen and oxygen atoms in total. The van der Waals surface area contributed by atoms with E-state index in [4.69, 9.17) is 8.83 Å². The summed E-state index contributed by atoms with van der Waals surface area (Å²) >= 11 is 0. The summed E-state index contributed by atoms with van der Waals surface area (Å²) in [5.41, 5.74) is 11.0. The summed E-state index contributed by atoms with van der Waals surface area (Å²) in [6, 6.07) is 44.0. The maximum Gasteiger partial charge on any atom is 0.137 e. The number of rotatable bonds is 0. The molecule has 0 N–H and O–H groups in total. The van der Waals surface area contributed by atoms with Crippen LogP contribution >= 0.6 is 0 Å². The molecule has 0 atom stereocenters. The van der Waals surface area contributed by atoms with Gasteiger partial charge in [-0.15, -0.1) is 0 Å². The number of furan rings is 2. The van der Waals surface area contributed by atoms with Crippen molar-refractivity contribution in [1.29, 1.82) is 0 Å². The van der Waals surface area contributed by atoms with Gasteiger partial charge in [-0.2, -0.15) is 0 Å². The molecule has 0 bridgehead atoms. The normalized spacial score (nSPS) is 13.2. The predicted molar refractivity (Wildman–Crippen MR) is 190 cm³/mol. The highest BCUT2D eigenvalue weighted by Gasteiger charge is 2.27. The first kappa shape index (κ1) is 22.3. The Morgan fingerprint density at radius 3 is 1.57 bits per heavy atom. The minimum Gasteiger partial charge on any atom is -0.456 e. The van der Waals surface area contributed by atoms with E-state index < -0.39 is 0 Å². The summed E-state index contributed by atoms with van der Waals surface area (Å²) in [7, 11) is 0. The van der Waals surface area contributed by atoms with Gasteiger partial charge in [-0.1, -0.05) is 72.8 Å². The zero-order valence-corrected chi connectivity index (χ0v) is 24.3. The van der Waals surface area contributed by atoms with E-state index >= 15 is 0 Å². The van der Waals surface area contributed by atoms with Gasteiger partial charge < -0.3 is 17.6 Å². The molecule has 0 spiro atoms. The number of hydrogen-bond donors (Lipinski definition) is 0. The van der Waals surface area contributed by atoms with E-state index in [0.29, 0.717) is 0 Å². The second-order valence-corrected chi connectivity index (χ2v) is 12.9. The van der Waals surface area contributed by atoms with Gasteiger partial charge in [0.15, 0.2) is 0 Å². The Morgan fingerprint density at radius 1 is 0.304 bits per heavy atom. The van der Waals surface area contributed by atoms with Crippen LogP contribution < -0.4 is 0 Å². The smallest absolute Gasteiger partial charge is 0.137 e. The molecule has 13 rings (SSSR count). The molecule has 46 heavy (non-hydrogen) atoms.